The van der Waals surface area contributed by atoms with Gasteiger partial charge in [0.2, 0.25) is 5.91 Å². The zero-order valence-electron chi connectivity index (χ0n) is 10.7. The highest BCUT2D eigenvalue weighted by atomic mass is 32.2. The summed E-state index contributed by atoms with van der Waals surface area (Å²) in [6.07, 6.45) is 5.26. The highest BCUT2D eigenvalue weighted by molar-refractivity contribution is 7.92. The molecule has 0 saturated carbocycles. The highest BCUT2D eigenvalue weighted by Gasteiger charge is 2.31. The molecule has 2 unspecified atom stereocenters. The van der Waals surface area contributed by atoms with Crippen LogP contribution in [0.3, 0.4) is 0 Å². The van der Waals surface area contributed by atoms with Crippen molar-refractivity contribution in [1.82, 2.24) is 10.6 Å². The molecule has 5 nitrogen and oxygen atoms in total. The van der Waals surface area contributed by atoms with E-state index in [2.05, 4.69) is 10.6 Å². The molecule has 2 atom stereocenters. The molecule has 0 spiro atoms. The summed E-state index contributed by atoms with van der Waals surface area (Å²) in [5.74, 6) is 0.244. The molecule has 104 valence electrons. The monoisotopic (exact) mass is 274 g/mol. The first-order valence-electron chi connectivity index (χ1n) is 6.79. The first-order chi connectivity index (χ1) is 8.58. The molecule has 2 aliphatic heterocycles. The first-order valence-corrected chi connectivity index (χ1v) is 8.51. The fraction of sp³-hybridized carbons (Fsp3) is 0.917. The van der Waals surface area contributed by atoms with E-state index in [1.807, 2.05) is 0 Å². The number of amides is 1. The van der Waals surface area contributed by atoms with E-state index in [0.717, 1.165) is 19.4 Å². The zero-order valence-corrected chi connectivity index (χ0v) is 11.5. The predicted molar refractivity (Wildman–Crippen MR) is 70.1 cm³/mol. The van der Waals surface area contributed by atoms with Crippen molar-refractivity contribution in [1.29, 1.82) is 0 Å². The van der Waals surface area contributed by atoms with Gasteiger partial charge >= 0.3 is 0 Å². The lowest BCUT2D eigenvalue weighted by Crippen LogP contribution is -2.41. The number of carbonyl (C=O) groups excluding carboxylic acids is 1. The van der Waals surface area contributed by atoms with Crippen LogP contribution >= 0.6 is 0 Å². The summed E-state index contributed by atoms with van der Waals surface area (Å²) in [6, 6.07) is 0.263. The van der Waals surface area contributed by atoms with Gasteiger partial charge in [0.1, 0.15) is 0 Å². The molecule has 18 heavy (non-hydrogen) atoms. The van der Waals surface area contributed by atoms with Gasteiger partial charge in [-0.25, -0.2) is 8.42 Å². The summed E-state index contributed by atoms with van der Waals surface area (Å²) in [4.78, 5) is 11.7. The number of sulfone groups is 1. The van der Waals surface area contributed by atoms with Gasteiger partial charge < -0.3 is 10.6 Å². The normalized spacial score (nSPS) is 31.1. The van der Waals surface area contributed by atoms with E-state index in [-0.39, 0.29) is 29.5 Å². The van der Waals surface area contributed by atoms with E-state index in [0.29, 0.717) is 12.8 Å². The van der Waals surface area contributed by atoms with Crippen LogP contribution in [0.4, 0.5) is 0 Å². The third-order valence-electron chi connectivity index (χ3n) is 3.83. The minimum Gasteiger partial charge on any atom is -0.355 e. The third-order valence-corrected chi connectivity index (χ3v) is 6.11. The van der Waals surface area contributed by atoms with Crippen LogP contribution in [-0.2, 0) is 14.6 Å². The number of nitrogens with one attached hydrogen (secondary N) is 2. The minimum atomic E-state index is -2.95. The molecule has 0 aromatic heterocycles. The fourth-order valence-electron chi connectivity index (χ4n) is 2.71. The average Bonchev–Trinajstić information content (AvgIpc) is 2.67. The molecular weight excluding hydrogens is 252 g/mol. The smallest absolute Gasteiger partial charge is 0.221 e. The summed E-state index contributed by atoms with van der Waals surface area (Å²) in [5, 5.41) is 5.72. The molecule has 2 heterocycles. The Morgan fingerprint density at radius 1 is 1.22 bits per heavy atom. The second-order valence-electron chi connectivity index (χ2n) is 5.29. The standard InChI is InChI=1S/C12H22N2O3S/c15-12(8-10-4-1-2-6-13-10)14-9-11-5-3-7-18(11,16)17/h10-11,13H,1-9H2,(H,14,15). The maximum absolute atomic E-state index is 11.7. The maximum atomic E-state index is 11.7. The summed E-state index contributed by atoms with van der Waals surface area (Å²) in [6.45, 7) is 1.27. The van der Waals surface area contributed by atoms with Crippen LogP contribution < -0.4 is 10.6 Å². The summed E-state index contributed by atoms with van der Waals surface area (Å²) < 4.78 is 23.2. The van der Waals surface area contributed by atoms with Crippen LogP contribution in [0.5, 0.6) is 0 Å². The lowest BCUT2D eigenvalue weighted by Gasteiger charge is -2.23. The molecule has 6 heteroatoms. The lowest BCUT2D eigenvalue weighted by atomic mass is 10.0. The predicted octanol–water partition coefficient (Wildman–Crippen LogP) is 0.212. The van der Waals surface area contributed by atoms with E-state index in [4.69, 9.17) is 0 Å². The van der Waals surface area contributed by atoms with E-state index < -0.39 is 9.84 Å². The number of hydrogen-bond acceptors (Lipinski definition) is 4. The van der Waals surface area contributed by atoms with Crippen LogP contribution in [0.2, 0.25) is 0 Å². The summed E-state index contributed by atoms with van der Waals surface area (Å²) in [5.41, 5.74) is 0. The van der Waals surface area contributed by atoms with Gasteiger partial charge in [-0.2, -0.15) is 0 Å². The minimum absolute atomic E-state index is 0.0310. The number of carbonyl (C=O) groups is 1. The van der Waals surface area contributed by atoms with E-state index in [1.165, 1.54) is 12.8 Å². The van der Waals surface area contributed by atoms with Crippen molar-refractivity contribution < 1.29 is 13.2 Å². The molecule has 2 aliphatic rings. The van der Waals surface area contributed by atoms with Crippen LogP contribution in [0, 0.1) is 0 Å². The molecule has 2 fully saturated rings. The fourth-order valence-corrected chi connectivity index (χ4v) is 4.47. The first kappa shape index (κ1) is 13.8. The van der Waals surface area contributed by atoms with Crippen LogP contribution in [0.1, 0.15) is 38.5 Å². The Labute approximate surface area is 109 Å². The Balaban J connectivity index is 1.71. The molecule has 1 amide bonds. The second-order valence-corrected chi connectivity index (χ2v) is 7.69. The number of hydrogen-bond donors (Lipinski definition) is 2. The van der Waals surface area contributed by atoms with Crippen molar-refractivity contribution in [3.8, 4) is 0 Å². The van der Waals surface area contributed by atoms with E-state index >= 15 is 0 Å². The van der Waals surface area contributed by atoms with Crippen LogP contribution in [0.25, 0.3) is 0 Å². The molecule has 0 radical (unpaired) electrons. The second kappa shape index (κ2) is 6.02. The zero-order chi connectivity index (χ0) is 13.0. The Morgan fingerprint density at radius 3 is 2.67 bits per heavy atom. The SMILES string of the molecule is O=C(CC1CCCCN1)NCC1CCCS1(=O)=O. The number of piperidine rings is 1. The lowest BCUT2D eigenvalue weighted by molar-refractivity contribution is -0.121. The van der Waals surface area contributed by atoms with Crippen molar-refractivity contribution >= 4 is 15.7 Å². The van der Waals surface area contributed by atoms with Gasteiger partial charge in [-0.15, -0.1) is 0 Å². The Bertz CT molecular complexity index is 388. The highest BCUT2D eigenvalue weighted by Crippen LogP contribution is 2.19. The summed E-state index contributed by atoms with van der Waals surface area (Å²) >= 11 is 0. The van der Waals surface area contributed by atoms with Crippen LogP contribution in [0.15, 0.2) is 0 Å². The van der Waals surface area contributed by atoms with Crippen molar-refractivity contribution in [2.24, 2.45) is 0 Å². The van der Waals surface area contributed by atoms with Gasteiger partial charge in [0.25, 0.3) is 0 Å². The third kappa shape index (κ3) is 3.68. The average molecular weight is 274 g/mol. The van der Waals surface area contributed by atoms with Crippen LogP contribution in [-0.4, -0.2) is 44.5 Å². The van der Waals surface area contributed by atoms with Gasteiger partial charge in [-0.1, -0.05) is 6.42 Å². The topological polar surface area (TPSA) is 75.3 Å². The quantitative estimate of drug-likeness (QED) is 0.768. The maximum Gasteiger partial charge on any atom is 0.221 e. The largest absolute Gasteiger partial charge is 0.355 e. The van der Waals surface area contributed by atoms with E-state index in [9.17, 15) is 13.2 Å². The van der Waals surface area contributed by atoms with Crippen molar-refractivity contribution in [3.05, 3.63) is 0 Å². The molecular formula is C12H22N2O3S. The Morgan fingerprint density at radius 2 is 2.06 bits per heavy atom. The Hall–Kier alpha value is -0.620. The van der Waals surface area contributed by atoms with Gasteiger partial charge in [0, 0.05) is 19.0 Å². The number of rotatable bonds is 4. The van der Waals surface area contributed by atoms with Gasteiger partial charge in [-0.3, -0.25) is 4.79 Å². The van der Waals surface area contributed by atoms with Gasteiger partial charge in [-0.05, 0) is 32.2 Å². The molecule has 0 aliphatic carbocycles. The molecule has 0 aromatic rings. The van der Waals surface area contributed by atoms with Crippen molar-refractivity contribution in [2.75, 3.05) is 18.8 Å². The van der Waals surface area contributed by atoms with Crippen molar-refractivity contribution in [3.63, 3.8) is 0 Å². The molecule has 0 aromatic carbocycles. The van der Waals surface area contributed by atoms with E-state index in [1.54, 1.807) is 0 Å². The molecule has 0 bridgehead atoms. The van der Waals surface area contributed by atoms with Gasteiger partial charge in [0.05, 0.1) is 11.0 Å². The molecule has 2 rings (SSSR count). The van der Waals surface area contributed by atoms with Gasteiger partial charge in [0.15, 0.2) is 9.84 Å². The summed E-state index contributed by atoms with van der Waals surface area (Å²) in [7, 11) is -2.95. The molecule has 2 saturated heterocycles. The molecule has 2 N–H and O–H groups in total. The van der Waals surface area contributed by atoms with Crippen molar-refractivity contribution in [2.45, 2.75) is 49.8 Å². The Kier molecular flexibility index (Phi) is 4.61.